The number of aromatic amines is 1. The Bertz CT molecular complexity index is 844. The number of thioether (sulfide) groups is 1. The van der Waals surface area contributed by atoms with Crippen LogP contribution in [0.2, 0.25) is 0 Å². The highest BCUT2D eigenvalue weighted by molar-refractivity contribution is 7.99. The minimum absolute atomic E-state index is 0.0402. The Morgan fingerprint density at radius 3 is 2.56 bits per heavy atom. The van der Waals surface area contributed by atoms with E-state index >= 15 is 0 Å². The van der Waals surface area contributed by atoms with Gasteiger partial charge in [0.15, 0.2) is 10.9 Å². The Morgan fingerprint density at radius 2 is 1.93 bits per heavy atom. The highest BCUT2D eigenvalue weighted by atomic mass is 32.2. The van der Waals surface area contributed by atoms with Gasteiger partial charge in [-0.05, 0) is 36.6 Å². The minimum atomic E-state index is -0.204. The standard InChI is InChI=1S/C20H25N3O3S/c1-4-5-16-11-19(26)23-20(22-16)27-12-17(24)14-6-8-15(9-7-14)21-18(25)10-13(2)3/h6-9,11,13H,4-5,10,12H2,1-3H3,(H,21,25)(H,22,23,26). The van der Waals surface area contributed by atoms with Crippen molar-refractivity contribution in [3.05, 3.63) is 51.9 Å². The lowest BCUT2D eigenvalue weighted by Crippen LogP contribution is -2.14. The lowest BCUT2D eigenvalue weighted by Gasteiger charge is -2.08. The largest absolute Gasteiger partial charge is 0.326 e. The van der Waals surface area contributed by atoms with Crippen molar-refractivity contribution >= 4 is 29.1 Å². The molecule has 1 aromatic heterocycles. The molecule has 0 unspecified atom stereocenters. The number of amides is 1. The molecule has 144 valence electrons. The number of Topliss-reactive ketones (excluding diaryl/α,β-unsaturated/α-hetero) is 1. The molecule has 0 spiro atoms. The van der Waals surface area contributed by atoms with Crippen molar-refractivity contribution in [2.24, 2.45) is 5.92 Å². The number of hydrogen-bond donors (Lipinski definition) is 2. The summed E-state index contributed by atoms with van der Waals surface area (Å²) in [5.74, 6) is 0.362. The lowest BCUT2D eigenvalue weighted by atomic mass is 10.1. The van der Waals surface area contributed by atoms with Gasteiger partial charge >= 0.3 is 0 Å². The van der Waals surface area contributed by atoms with Crippen LogP contribution in [0.3, 0.4) is 0 Å². The van der Waals surface area contributed by atoms with E-state index in [0.717, 1.165) is 18.5 Å². The zero-order valence-electron chi connectivity index (χ0n) is 15.9. The van der Waals surface area contributed by atoms with E-state index in [1.807, 2.05) is 20.8 Å². The molecule has 0 atom stereocenters. The quantitative estimate of drug-likeness (QED) is 0.389. The SMILES string of the molecule is CCCc1cc(=O)[nH]c(SCC(=O)c2ccc(NC(=O)CC(C)C)cc2)n1. The number of benzene rings is 1. The number of H-pyrrole nitrogens is 1. The van der Waals surface area contributed by atoms with Gasteiger partial charge in [-0.2, -0.15) is 0 Å². The summed E-state index contributed by atoms with van der Waals surface area (Å²) in [6.07, 6.45) is 2.09. The van der Waals surface area contributed by atoms with Crippen LogP contribution in [0.4, 0.5) is 5.69 Å². The Morgan fingerprint density at radius 1 is 1.22 bits per heavy atom. The van der Waals surface area contributed by atoms with Crippen LogP contribution in [-0.4, -0.2) is 27.4 Å². The Hall–Kier alpha value is -2.41. The number of hydrogen-bond acceptors (Lipinski definition) is 5. The molecule has 1 aromatic carbocycles. The molecule has 1 amide bonds. The summed E-state index contributed by atoms with van der Waals surface area (Å²) in [4.78, 5) is 42.8. The second-order valence-electron chi connectivity index (χ2n) is 6.73. The maximum atomic E-state index is 12.4. The topological polar surface area (TPSA) is 91.9 Å². The molecule has 0 aliphatic rings. The van der Waals surface area contributed by atoms with Crippen molar-refractivity contribution < 1.29 is 9.59 Å². The van der Waals surface area contributed by atoms with E-state index in [4.69, 9.17) is 0 Å². The van der Waals surface area contributed by atoms with Crippen LogP contribution < -0.4 is 10.9 Å². The third kappa shape index (κ3) is 7.02. The van der Waals surface area contributed by atoms with Crippen molar-refractivity contribution in [3.8, 4) is 0 Å². The van der Waals surface area contributed by atoms with Gasteiger partial charge in [-0.25, -0.2) is 4.98 Å². The molecule has 2 rings (SSSR count). The van der Waals surface area contributed by atoms with Crippen molar-refractivity contribution in [3.63, 3.8) is 0 Å². The highest BCUT2D eigenvalue weighted by Gasteiger charge is 2.10. The number of anilines is 1. The fourth-order valence-corrected chi connectivity index (χ4v) is 3.26. The molecular formula is C20H25N3O3S. The third-order valence-corrected chi connectivity index (χ3v) is 4.58. The second-order valence-corrected chi connectivity index (χ2v) is 7.69. The normalized spacial score (nSPS) is 10.8. The second kappa shape index (κ2) is 10.1. The number of nitrogens with zero attached hydrogens (tertiary/aromatic N) is 1. The molecule has 0 radical (unpaired) electrons. The first-order chi connectivity index (χ1) is 12.9. The summed E-state index contributed by atoms with van der Waals surface area (Å²) in [6.45, 7) is 5.99. The first-order valence-corrected chi connectivity index (χ1v) is 10.0. The van der Waals surface area contributed by atoms with Crippen LogP contribution in [0, 0.1) is 5.92 Å². The Labute approximate surface area is 163 Å². The first kappa shape index (κ1) is 20.9. The fraction of sp³-hybridized carbons (Fsp3) is 0.400. The van der Waals surface area contributed by atoms with E-state index in [2.05, 4.69) is 15.3 Å². The maximum Gasteiger partial charge on any atom is 0.251 e. The van der Waals surface area contributed by atoms with Gasteiger partial charge in [0.05, 0.1) is 5.75 Å². The van der Waals surface area contributed by atoms with Crippen LogP contribution in [0.15, 0.2) is 40.3 Å². The molecule has 1 heterocycles. The van der Waals surface area contributed by atoms with Crippen LogP contribution >= 0.6 is 11.8 Å². The van der Waals surface area contributed by atoms with Gasteiger partial charge in [0.25, 0.3) is 5.56 Å². The lowest BCUT2D eigenvalue weighted by molar-refractivity contribution is -0.116. The predicted molar refractivity (Wildman–Crippen MR) is 108 cm³/mol. The minimum Gasteiger partial charge on any atom is -0.326 e. The number of nitrogens with one attached hydrogen (secondary N) is 2. The smallest absolute Gasteiger partial charge is 0.251 e. The number of carbonyl (C=O) groups is 2. The van der Waals surface area contributed by atoms with Gasteiger partial charge in [0.2, 0.25) is 5.91 Å². The summed E-state index contributed by atoms with van der Waals surface area (Å²) in [5, 5.41) is 3.27. The molecule has 0 aliphatic carbocycles. The van der Waals surface area contributed by atoms with E-state index in [1.54, 1.807) is 24.3 Å². The molecule has 2 N–H and O–H groups in total. The van der Waals surface area contributed by atoms with E-state index in [9.17, 15) is 14.4 Å². The molecule has 6 nitrogen and oxygen atoms in total. The fourth-order valence-electron chi connectivity index (χ4n) is 2.48. The molecule has 0 fully saturated rings. The molecular weight excluding hydrogens is 362 g/mol. The van der Waals surface area contributed by atoms with E-state index in [-0.39, 0.29) is 23.0 Å². The monoisotopic (exact) mass is 387 g/mol. The summed E-state index contributed by atoms with van der Waals surface area (Å²) < 4.78 is 0. The summed E-state index contributed by atoms with van der Waals surface area (Å²) >= 11 is 1.21. The van der Waals surface area contributed by atoms with Crippen molar-refractivity contribution in [1.29, 1.82) is 0 Å². The zero-order valence-corrected chi connectivity index (χ0v) is 16.7. The third-order valence-electron chi connectivity index (χ3n) is 3.70. The molecule has 0 aliphatic heterocycles. The van der Waals surface area contributed by atoms with Crippen molar-refractivity contribution in [2.45, 2.75) is 45.2 Å². The van der Waals surface area contributed by atoms with Gasteiger partial charge in [0.1, 0.15) is 0 Å². The number of carbonyl (C=O) groups excluding carboxylic acids is 2. The van der Waals surface area contributed by atoms with E-state index in [0.29, 0.717) is 28.7 Å². The van der Waals surface area contributed by atoms with Crippen LogP contribution in [0.25, 0.3) is 0 Å². The molecule has 0 saturated heterocycles. The molecule has 2 aromatic rings. The van der Waals surface area contributed by atoms with E-state index < -0.39 is 0 Å². The van der Waals surface area contributed by atoms with Gasteiger partial charge in [-0.1, -0.05) is 39.0 Å². The average molecular weight is 388 g/mol. The highest BCUT2D eigenvalue weighted by Crippen LogP contribution is 2.17. The van der Waals surface area contributed by atoms with Crippen molar-refractivity contribution in [1.82, 2.24) is 9.97 Å². The van der Waals surface area contributed by atoms with Gasteiger partial charge in [-0.15, -0.1) is 0 Å². The number of aryl methyl sites for hydroxylation is 1. The molecule has 7 heteroatoms. The molecule has 0 bridgehead atoms. The van der Waals surface area contributed by atoms with Crippen molar-refractivity contribution in [2.75, 3.05) is 11.1 Å². The first-order valence-electron chi connectivity index (χ1n) is 9.03. The number of rotatable bonds is 9. The van der Waals surface area contributed by atoms with Gasteiger partial charge in [-0.3, -0.25) is 14.4 Å². The Balaban J connectivity index is 1.94. The molecule has 0 saturated carbocycles. The van der Waals surface area contributed by atoms with Crippen LogP contribution in [0.5, 0.6) is 0 Å². The van der Waals surface area contributed by atoms with Crippen LogP contribution in [0.1, 0.15) is 49.7 Å². The van der Waals surface area contributed by atoms with Crippen LogP contribution in [-0.2, 0) is 11.2 Å². The Kier molecular flexibility index (Phi) is 7.79. The van der Waals surface area contributed by atoms with Gasteiger partial charge < -0.3 is 10.3 Å². The number of ketones is 1. The van der Waals surface area contributed by atoms with Gasteiger partial charge in [0, 0.05) is 29.4 Å². The average Bonchev–Trinajstić information content (AvgIpc) is 2.59. The zero-order chi connectivity index (χ0) is 19.8. The molecule has 27 heavy (non-hydrogen) atoms. The number of aromatic nitrogens is 2. The summed E-state index contributed by atoms with van der Waals surface area (Å²) in [6, 6.07) is 8.31. The summed E-state index contributed by atoms with van der Waals surface area (Å²) in [7, 11) is 0. The predicted octanol–water partition coefficient (Wildman–Crippen LogP) is 3.68. The summed E-state index contributed by atoms with van der Waals surface area (Å²) in [5.41, 5.74) is 1.75. The maximum absolute atomic E-state index is 12.4. The van der Waals surface area contributed by atoms with E-state index in [1.165, 1.54) is 17.8 Å².